The molecule has 0 atom stereocenters. The lowest BCUT2D eigenvalue weighted by Gasteiger charge is -2.37. The first kappa shape index (κ1) is 11.0. The lowest BCUT2D eigenvalue weighted by Crippen LogP contribution is -2.38. The van der Waals surface area contributed by atoms with Crippen molar-refractivity contribution in [1.29, 1.82) is 0 Å². The normalized spacial score (nSPS) is 22.2. The second kappa shape index (κ2) is 4.99. The second-order valence-corrected chi connectivity index (χ2v) is 4.95. The minimum absolute atomic E-state index is 0.641. The summed E-state index contributed by atoms with van der Waals surface area (Å²) in [4.78, 5) is 0. The van der Waals surface area contributed by atoms with Crippen molar-refractivity contribution in [3.8, 4) is 0 Å². The lowest BCUT2D eigenvalue weighted by atomic mass is 9.72. The molecule has 0 saturated heterocycles. The molecule has 1 fully saturated rings. The second-order valence-electron chi connectivity index (χ2n) is 4.95. The maximum absolute atomic E-state index is 3.61. The van der Waals surface area contributed by atoms with Crippen LogP contribution in [0.3, 0.4) is 0 Å². The highest BCUT2D eigenvalue weighted by atomic mass is 14.9. The molecule has 0 bridgehead atoms. The zero-order chi connectivity index (χ0) is 9.73. The van der Waals surface area contributed by atoms with Crippen LogP contribution in [0.4, 0.5) is 0 Å². The summed E-state index contributed by atoms with van der Waals surface area (Å²) in [7, 11) is 0. The average Bonchev–Trinajstić information content (AvgIpc) is 2.16. The van der Waals surface area contributed by atoms with Crippen LogP contribution in [0, 0.1) is 5.41 Å². The van der Waals surface area contributed by atoms with Crippen molar-refractivity contribution in [2.24, 2.45) is 5.41 Å². The van der Waals surface area contributed by atoms with E-state index in [2.05, 4.69) is 26.1 Å². The molecule has 0 aromatic heterocycles. The van der Waals surface area contributed by atoms with E-state index < -0.39 is 0 Å². The third-order valence-electron chi connectivity index (χ3n) is 3.55. The molecule has 0 spiro atoms. The van der Waals surface area contributed by atoms with Crippen molar-refractivity contribution >= 4 is 0 Å². The van der Waals surface area contributed by atoms with Gasteiger partial charge in [0.05, 0.1) is 0 Å². The van der Waals surface area contributed by atoms with Gasteiger partial charge in [-0.2, -0.15) is 0 Å². The van der Waals surface area contributed by atoms with Crippen LogP contribution in [0.15, 0.2) is 0 Å². The largest absolute Gasteiger partial charge is 0.314 e. The first-order chi connectivity index (χ1) is 6.18. The van der Waals surface area contributed by atoms with Gasteiger partial charge in [0.15, 0.2) is 0 Å². The monoisotopic (exact) mass is 183 g/mol. The Morgan fingerprint density at radius 2 is 1.77 bits per heavy atom. The van der Waals surface area contributed by atoms with E-state index in [1.165, 1.54) is 45.1 Å². The van der Waals surface area contributed by atoms with Gasteiger partial charge in [-0.1, -0.05) is 40.0 Å². The minimum atomic E-state index is 0.641. The van der Waals surface area contributed by atoms with Crippen molar-refractivity contribution in [3.63, 3.8) is 0 Å². The standard InChI is InChI=1S/C12H25N/c1-4-12(10-13-11(2)3)8-6-5-7-9-12/h11,13H,4-10H2,1-3H3. The van der Waals surface area contributed by atoms with Gasteiger partial charge in [0.25, 0.3) is 0 Å². The minimum Gasteiger partial charge on any atom is -0.314 e. The van der Waals surface area contributed by atoms with Crippen molar-refractivity contribution in [2.75, 3.05) is 6.54 Å². The topological polar surface area (TPSA) is 12.0 Å². The summed E-state index contributed by atoms with van der Waals surface area (Å²) in [5.41, 5.74) is 0.641. The number of hydrogen-bond donors (Lipinski definition) is 1. The van der Waals surface area contributed by atoms with Crippen LogP contribution in [0.5, 0.6) is 0 Å². The van der Waals surface area contributed by atoms with Crippen LogP contribution in [-0.4, -0.2) is 12.6 Å². The van der Waals surface area contributed by atoms with E-state index in [0.29, 0.717) is 11.5 Å². The average molecular weight is 183 g/mol. The quantitative estimate of drug-likeness (QED) is 0.705. The molecule has 0 unspecified atom stereocenters. The van der Waals surface area contributed by atoms with Gasteiger partial charge in [-0.05, 0) is 24.7 Å². The number of nitrogens with one attached hydrogen (secondary N) is 1. The van der Waals surface area contributed by atoms with E-state index in [9.17, 15) is 0 Å². The third kappa shape index (κ3) is 3.30. The predicted octanol–water partition coefficient (Wildman–Crippen LogP) is 3.34. The van der Waals surface area contributed by atoms with Crippen LogP contribution in [-0.2, 0) is 0 Å². The zero-order valence-electron chi connectivity index (χ0n) is 9.53. The van der Waals surface area contributed by atoms with Crippen LogP contribution in [0.1, 0.15) is 59.3 Å². The molecular formula is C12H25N. The van der Waals surface area contributed by atoms with Crippen LogP contribution < -0.4 is 5.32 Å². The molecular weight excluding hydrogens is 158 g/mol. The Hall–Kier alpha value is -0.0400. The van der Waals surface area contributed by atoms with Crippen molar-refractivity contribution in [1.82, 2.24) is 5.32 Å². The maximum Gasteiger partial charge on any atom is 0.00106 e. The maximum atomic E-state index is 3.61. The Kier molecular flexibility index (Phi) is 4.24. The summed E-state index contributed by atoms with van der Waals surface area (Å²) < 4.78 is 0. The first-order valence-electron chi connectivity index (χ1n) is 5.92. The highest BCUT2D eigenvalue weighted by Crippen LogP contribution is 2.38. The SMILES string of the molecule is CCC1(CNC(C)C)CCCCC1. The van der Waals surface area contributed by atoms with Gasteiger partial charge in [-0.15, -0.1) is 0 Å². The fourth-order valence-electron chi connectivity index (χ4n) is 2.38. The molecule has 1 aliphatic rings. The molecule has 0 aromatic carbocycles. The van der Waals surface area contributed by atoms with E-state index >= 15 is 0 Å². The molecule has 0 amide bonds. The molecule has 0 aromatic rings. The van der Waals surface area contributed by atoms with Crippen LogP contribution in [0.25, 0.3) is 0 Å². The predicted molar refractivity (Wildman–Crippen MR) is 58.9 cm³/mol. The van der Waals surface area contributed by atoms with Crippen molar-refractivity contribution in [2.45, 2.75) is 65.3 Å². The molecule has 1 rings (SSSR count). The zero-order valence-corrected chi connectivity index (χ0v) is 9.53. The van der Waals surface area contributed by atoms with Crippen LogP contribution in [0.2, 0.25) is 0 Å². The summed E-state index contributed by atoms with van der Waals surface area (Å²) in [6.45, 7) is 8.08. The molecule has 1 nitrogen and oxygen atoms in total. The van der Waals surface area contributed by atoms with Gasteiger partial charge >= 0.3 is 0 Å². The molecule has 1 saturated carbocycles. The van der Waals surface area contributed by atoms with Crippen molar-refractivity contribution in [3.05, 3.63) is 0 Å². The molecule has 0 heterocycles. The Morgan fingerprint density at radius 1 is 1.15 bits per heavy atom. The van der Waals surface area contributed by atoms with Crippen molar-refractivity contribution < 1.29 is 0 Å². The van der Waals surface area contributed by atoms with Gasteiger partial charge in [-0.3, -0.25) is 0 Å². The fraction of sp³-hybridized carbons (Fsp3) is 1.00. The smallest absolute Gasteiger partial charge is 0.00106 e. The highest BCUT2D eigenvalue weighted by molar-refractivity contribution is 4.84. The fourth-order valence-corrected chi connectivity index (χ4v) is 2.38. The molecule has 13 heavy (non-hydrogen) atoms. The van der Waals surface area contributed by atoms with E-state index in [4.69, 9.17) is 0 Å². The van der Waals surface area contributed by atoms with Crippen LogP contribution >= 0.6 is 0 Å². The summed E-state index contributed by atoms with van der Waals surface area (Å²) in [6.07, 6.45) is 8.61. The Labute approximate surface area is 83.3 Å². The Bertz CT molecular complexity index is 134. The van der Waals surface area contributed by atoms with E-state index in [0.717, 1.165) is 0 Å². The van der Waals surface area contributed by atoms with Gasteiger partial charge in [0, 0.05) is 12.6 Å². The third-order valence-corrected chi connectivity index (χ3v) is 3.55. The molecule has 1 aliphatic carbocycles. The Balaban J connectivity index is 2.38. The molecule has 78 valence electrons. The highest BCUT2D eigenvalue weighted by Gasteiger charge is 2.29. The van der Waals surface area contributed by atoms with E-state index in [1.807, 2.05) is 0 Å². The first-order valence-corrected chi connectivity index (χ1v) is 5.92. The van der Waals surface area contributed by atoms with E-state index in [-0.39, 0.29) is 0 Å². The Morgan fingerprint density at radius 3 is 2.23 bits per heavy atom. The number of hydrogen-bond acceptors (Lipinski definition) is 1. The van der Waals surface area contributed by atoms with Gasteiger partial charge < -0.3 is 5.32 Å². The summed E-state index contributed by atoms with van der Waals surface area (Å²) in [5.74, 6) is 0. The summed E-state index contributed by atoms with van der Waals surface area (Å²) >= 11 is 0. The molecule has 0 radical (unpaired) electrons. The van der Waals surface area contributed by atoms with Gasteiger partial charge in [0.1, 0.15) is 0 Å². The summed E-state index contributed by atoms with van der Waals surface area (Å²) in [5, 5.41) is 3.61. The lowest BCUT2D eigenvalue weighted by molar-refractivity contribution is 0.170. The van der Waals surface area contributed by atoms with Gasteiger partial charge in [0.2, 0.25) is 0 Å². The van der Waals surface area contributed by atoms with E-state index in [1.54, 1.807) is 0 Å². The molecule has 1 N–H and O–H groups in total. The molecule has 1 heteroatoms. The molecule has 0 aliphatic heterocycles. The van der Waals surface area contributed by atoms with Gasteiger partial charge in [-0.25, -0.2) is 0 Å². The number of rotatable bonds is 4. The summed E-state index contributed by atoms with van der Waals surface area (Å²) in [6, 6.07) is 0.644.